The summed E-state index contributed by atoms with van der Waals surface area (Å²) < 4.78 is 3.07. The summed E-state index contributed by atoms with van der Waals surface area (Å²) in [5, 5.41) is 3.35. The topological polar surface area (TPSA) is 71.8 Å². The number of imidazole rings is 1. The van der Waals surface area contributed by atoms with Gasteiger partial charge in [0.1, 0.15) is 0 Å². The molecule has 0 saturated heterocycles. The van der Waals surface area contributed by atoms with Crippen LogP contribution in [-0.2, 0) is 13.1 Å². The van der Waals surface area contributed by atoms with Gasteiger partial charge in [0.2, 0.25) is 5.95 Å². The Kier molecular flexibility index (Phi) is 5.23. The van der Waals surface area contributed by atoms with E-state index in [-0.39, 0.29) is 0 Å². The molecule has 2 atom stereocenters. The highest BCUT2D eigenvalue weighted by Crippen LogP contribution is 2.39. The molecule has 3 heterocycles. The minimum absolute atomic E-state index is 0.572. The fraction of sp³-hybridized carbons (Fsp3) is 0.500. The van der Waals surface area contributed by atoms with Crippen LogP contribution in [0.25, 0.3) is 11.2 Å². The Labute approximate surface area is 173 Å². The summed E-state index contributed by atoms with van der Waals surface area (Å²) >= 11 is 3.50. The van der Waals surface area contributed by atoms with Gasteiger partial charge in [-0.05, 0) is 60.2 Å². The van der Waals surface area contributed by atoms with E-state index in [0.717, 1.165) is 57.8 Å². The SMILES string of the molecule is CCn1cnc2c(N(C)CC3CC3C)nc(NCc3ccc(Br)c(C)n3)nc21. The summed E-state index contributed by atoms with van der Waals surface area (Å²) in [6, 6.07) is 4.02. The van der Waals surface area contributed by atoms with E-state index in [1.807, 2.05) is 25.4 Å². The van der Waals surface area contributed by atoms with Gasteiger partial charge in [0.15, 0.2) is 17.0 Å². The molecule has 0 amide bonds. The highest BCUT2D eigenvalue weighted by molar-refractivity contribution is 9.10. The highest BCUT2D eigenvalue weighted by atomic mass is 79.9. The van der Waals surface area contributed by atoms with Gasteiger partial charge >= 0.3 is 0 Å². The smallest absolute Gasteiger partial charge is 0.227 e. The number of anilines is 2. The van der Waals surface area contributed by atoms with Crippen LogP contribution in [0.5, 0.6) is 0 Å². The van der Waals surface area contributed by atoms with Crippen molar-refractivity contribution < 1.29 is 0 Å². The summed E-state index contributed by atoms with van der Waals surface area (Å²) in [5.74, 6) is 3.04. The quantitative estimate of drug-likeness (QED) is 0.594. The number of aryl methyl sites for hydroxylation is 2. The Morgan fingerprint density at radius 2 is 2.07 bits per heavy atom. The lowest BCUT2D eigenvalue weighted by Gasteiger charge is -2.19. The van der Waals surface area contributed by atoms with Gasteiger partial charge in [0, 0.05) is 24.6 Å². The molecule has 1 N–H and O–H groups in total. The zero-order valence-electron chi connectivity index (χ0n) is 16.8. The van der Waals surface area contributed by atoms with Crippen LogP contribution in [0, 0.1) is 18.8 Å². The Hall–Kier alpha value is -2.22. The number of nitrogens with one attached hydrogen (secondary N) is 1. The van der Waals surface area contributed by atoms with Crippen molar-refractivity contribution in [3.8, 4) is 0 Å². The second-order valence-corrected chi connectivity index (χ2v) is 8.50. The predicted molar refractivity (Wildman–Crippen MR) is 116 cm³/mol. The molecule has 0 radical (unpaired) electrons. The van der Waals surface area contributed by atoms with Crippen LogP contribution in [0.2, 0.25) is 0 Å². The number of fused-ring (bicyclic) bond motifs is 1. The summed E-state index contributed by atoms with van der Waals surface area (Å²) in [6.07, 6.45) is 3.14. The summed E-state index contributed by atoms with van der Waals surface area (Å²) in [4.78, 5) is 20.9. The lowest BCUT2D eigenvalue weighted by molar-refractivity contribution is 0.720. The van der Waals surface area contributed by atoms with Crippen molar-refractivity contribution in [3.05, 3.63) is 34.3 Å². The van der Waals surface area contributed by atoms with Gasteiger partial charge in [-0.1, -0.05) is 6.92 Å². The number of nitrogens with zero attached hydrogens (tertiary/aromatic N) is 6. The molecule has 148 valence electrons. The zero-order valence-corrected chi connectivity index (χ0v) is 18.4. The lowest BCUT2D eigenvalue weighted by atomic mass is 10.3. The van der Waals surface area contributed by atoms with Gasteiger partial charge in [-0.3, -0.25) is 4.98 Å². The third-order valence-corrected chi connectivity index (χ3v) is 6.28. The summed E-state index contributed by atoms with van der Waals surface area (Å²) in [6.45, 7) is 8.78. The molecule has 1 aliphatic rings. The van der Waals surface area contributed by atoms with Crippen molar-refractivity contribution >= 4 is 38.9 Å². The van der Waals surface area contributed by atoms with Crippen molar-refractivity contribution in [2.45, 2.75) is 40.3 Å². The normalized spacial score (nSPS) is 18.5. The molecule has 1 aliphatic carbocycles. The molecule has 8 heteroatoms. The Bertz CT molecular complexity index is 1000. The average molecular weight is 444 g/mol. The van der Waals surface area contributed by atoms with Gasteiger partial charge in [0.05, 0.1) is 24.3 Å². The van der Waals surface area contributed by atoms with E-state index in [1.165, 1.54) is 6.42 Å². The molecule has 7 nitrogen and oxygen atoms in total. The number of hydrogen-bond donors (Lipinski definition) is 1. The van der Waals surface area contributed by atoms with Gasteiger partial charge in [-0.25, -0.2) is 4.98 Å². The van der Waals surface area contributed by atoms with Gasteiger partial charge < -0.3 is 14.8 Å². The van der Waals surface area contributed by atoms with E-state index in [2.05, 4.69) is 61.6 Å². The Morgan fingerprint density at radius 1 is 1.29 bits per heavy atom. The number of hydrogen-bond acceptors (Lipinski definition) is 6. The van der Waals surface area contributed by atoms with Gasteiger partial charge in [0.25, 0.3) is 0 Å². The number of aromatic nitrogens is 5. The molecular formula is C20H26BrN7. The zero-order chi connectivity index (χ0) is 19.8. The van der Waals surface area contributed by atoms with E-state index in [1.54, 1.807) is 0 Å². The molecule has 2 unspecified atom stereocenters. The fourth-order valence-electron chi connectivity index (χ4n) is 3.46. The van der Waals surface area contributed by atoms with Gasteiger partial charge in [-0.2, -0.15) is 9.97 Å². The fourth-order valence-corrected chi connectivity index (χ4v) is 3.68. The van der Waals surface area contributed by atoms with Crippen LogP contribution in [0.1, 0.15) is 31.7 Å². The summed E-state index contributed by atoms with van der Waals surface area (Å²) in [5.41, 5.74) is 3.65. The third kappa shape index (κ3) is 3.83. The number of pyridine rings is 1. The van der Waals surface area contributed by atoms with E-state index in [4.69, 9.17) is 9.97 Å². The maximum atomic E-state index is 4.80. The first kappa shape index (κ1) is 19.1. The molecule has 0 spiro atoms. The van der Waals surface area contributed by atoms with E-state index < -0.39 is 0 Å². The molecule has 1 fully saturated rings. The molecular weight excluding hydrogens is 418 g/mol. The van der Waals surface area contributed by atoms with Crippen molar-refractivity contribution in [2.75, 3.05) is 23.8 Å². The first-order chi connectivity index (χ1) is 13.5. The Balaban J connectivity index is 1.62. The predicted octanol–water partition coefficient (Wildman–Crippen LogP) is 4.02. The first-order valence-electron chi connectivity index (χ1n) is 9.76. The lowest BCUT2D eigenvalue weighted by Crippen LogP contribution is -2.23. The molecule has 3 aromatic heterocycles. The molecule has 3 aromatic rings. The molecule has 0 aromatic carbocycles. The minimum Gasteiger partial charge on any atom is -0.357 e. The maximum Gasteiger partial charge on any atom is 0.227 e. The molecule has 4 rings (SSSR count). The van der Waals surface area contributed by atoms with Crippen LogP contribution >= 0.6 is 15.9 Å². The van der Waals surface area contributed by atoms with Crippen molar-refractivity contribution in [1.82, 2.24) is 24.5 Å². The molecule has 0 bridgehead atoms. The first-order valence-corrected chi connectivity index (χ1v) is 10.6. The molecule has 1 saturated carbocycles. The van der Waals surface area contributed by atoms with Gasteiger partial charge in [-0.15, -0.1) is 0 Å². The highest BCUT2D eigenvalue weighted by Gasteiger charge is 2.34. The van der Waals surface area contributed by atoms with Crippen LogP contribution < -0.4 is 10.2 Å². The molecule has 28 heavy (non-hydrogen) atoms. The van der Waals surface area contributed by atoms with E-state index in [9.17, 15) is 0 Å². The summed E-state index contributed by atoms with van der Waals surface area (Å²) in [7, 11) is 2.10. The van der Waals surface area contributed by atoms with E-state index >= 15 is 0 Å². The standard InChI is InChI=1S/C20H26BrN7/c1-5-28-11-23-17-18(27(4)10-14-8-12(14)2)25-20(26-19(17)28)22-9-15-6-7-16(21)13(3)24-15/h6-7,11-12,14H,5,8-10H2,1-4H3,(H,22,25,26). The third-order valence-electron chi connectivity index (χ3n) is 5.44. The maximum absolute atomic E-state index is 4.80. The van der Waals surface area contributed by atoms with Crippen LogP contribution in [0.15, 0.2) is 22.9 Å². The van der Waals surface area contributed by atoms with Crippen molar-refractivity contribution in [2.24, 2.45) is 11.8 Å². The van der Waals surface area contributed by atoms with E-state index in [0.29, 0.717) is 12.5 Å². The monoisotopic (exact) mass is 443 g/mol. The number of halogens is 1. The largest absolute Gasteiger partial charge is 0.357 e. The van der Waals surface area contributed by atoms with Crippen molar-refractivity contribution in [3.63, 3.8) is 0 Å². The van der Waals surface area contributed by atoms with Crippen LogP contribution in [0.4, 0.5) is 11.8 Å². The number of rotatable bonds is 7. The molecule has 0 aliphatic heterocycles. The Morgan fingerprint density at radius 3 is 2.75 bits per heavy atom. The average Bonchev–Trinajstić information content (AvgIpc) is 3.21. The van der Waals surface area contributed by atoms with Crippen molar-refractivity contribution in [1.29, 1.82) is 0 Å². The second kappa shape index (κ2) is 7.66. The minimum atomic E-state index is 0.572. The second-order valence-electron chi connectivity index (χ2n) is 7.65. The van der Waals surface area contributed by atoms with Crippen LogP contribution in [0.3, 0.4) is 0 Å². The van der Waals surface area contributed by atoms with Crippen LogP contribution in [-0.4, -0.2) is 38.1 Å².